The van der Waals surface area contributed by atoms with Crippen LogP contribution in [0.25, 0.3) is 0 Å². The number of nitrogens with two attached hydrogens (primary N) is 1. The molecule has 1 aliphatic carbocycles. The molecule has 2 rings (SSSR count). The van der Waals surface area contributed by atoms with Crippen molar-refractivity contribution in [3.05, 3.63) is 23.3 Å². The van der Waals surface area contributed by atoms with Crippen LogP contribution in [0, 0.1) is 11.8 Å². The van der Waals surface area contributed by atoms with E-state index < -0.39 is 29.4 Å². The molecule has 24 heavy (non-hydrogen) atoms. The molecule has 1 aliphatic rings. The van der Waals surface area contributed by atoms with Gasteiger partial charge in [-0.15, -0.1) is 0 Å². The quantitative estimate of drug-likeness (QED) is 0.723. The number of benzene rings is 1. The summed E-state index contributed by atoms with van der Waals surface area (Å²) in [6.07, 6.45) is -2.55. The smallest absolute Gasteiger partial charge is 0.420 e. The number of halogens is 3. The first kappa shape index (κ1) is 18.4. The van der Waals surface area contributed by atoms with Crippen molar-refractivity contribution in [2.24, 2.45) is 11.8 Å². The maximum Gasteiger partial charge on any atom is 0.420 e. The van der Waals surface area contributed by atoms with E-state index >= 15 is 0 Å². The maximum atomic E-state index is 13.4. The summed E-state index contributed by atoms with van der Waals surface area (Å²) in [4.78, 5) is 11.5. The molecule has 0 saturated heterocycles. The molecule has 0 amide bonds. The van der Waals surface area contributed by atoms with E-state index in [1.54, 1.807) is 0 Å². The minimum atomic E-state index is -4.66. The first-order valence-corrected chi connectivity index (χ1v) is 7.95. The summed E-state index contributed by atoms with van der Waals surface area (Å²) in [6, 6.07) is 2.15. The molecule has 0 radical (unpaired) electrons. The highest BCUT2D eigenvalue weighted by Gasteiger charge is 2.38. The Morgan fingerprint density at radius 3 is 2.46 bits per heavy atom. The number of nitrogen functional groups attached to an aromatic ring is 1. The van der Waals surface area contributed by atoms with Gasteiger partial charge in [-0.05, 0) is 48.8 Å². The molecule has 1 aromatic rings. The third-order valence-corrected chi connectivity index (χ3v) is 4.01. The summed E-state index contributed by atoms with van der Waals surface area (Å²) in [5.41, 5.74) is 4.65. The van der Waals surface area contributed by atoms with Crippen LogP contribution in [0.3, 0.4) is 0 Å². The minimum absolute atomic E-state index is 0.0208. The van der Waals surface area contributed by atoms with Crippen LogP contribution < -0.4 is 10.5 Å². The molecule has 0 aromatic heterocycles. The third-order valence-electron chi connectivity index (χ3n) is 4.01. The Morgan fingerprint density at radius 1 is 1.38 bits per heavy atom. The number of carboxylic acids is 1. The Bertz CT molecular complexity index is 610. The second kappa shape index (κ2) is 6.91. The number of carboxylic acid groups (broad SMARTS) is 1. The molecule has 3 N–H and O–H groups in total. The Labute approximate surface area is 138 Å². The van der Waals surface area contributed by atoms with Gasteiger partial charge in [-0.3, -0.25) is 4.79 Å². The standard InChI is InChI=1S/C17H22F3NO3/c1-9(2)5-12(16(22)23)11-6-13(17(18,19)20)15(14(21)7-11)24-8-10-3-4-10/h6-7,9-10,12H,3-5,8,21H2,1-2H3,(H,22,23). The summed E-state index contributed by atoms with van der Waals surface area (Å²) >= 11 is 0. The van der Waals surface area contributed by atoms with Gasteiger partial charge in [-0.2, -0.15) is 13.2 Å². The third kappa shape index (κ3) is 4.55. The minimum Gasteiger partial charge on any atom is -0.490 e. The molecule has 1 aromatic carbocycles. The van der Waals surface area contributed by atoms with E-state index in [4.69, 9.17) is 10.5 Å². The Morgan fingerprint density at radius 2 is 2.00 bits per heavy atom. The Hall–Kier alpha value is -1.92. The number of hydrogen-bond donors (Lipinski definition) is 2. The van der Waals surface area contributed by atoms with Gasteiger partial charge in [0, 0.05) is 0 Å². The zero-order chi connectivity index (χ0) is 18.1. The first-order valence-electron chi connectivity index (χ1n) is 7.95. The van der Waals surface area contributed by atoms with Crippen molar-refractivity contribution in [3.63, 3.8) is 0 Å². The number of alkyl halides is 3. The highest BCUT2D eigenvalue weighted by molar-refractivity contribution is 5.77. The molecule has 7 heteroatoms. The molecule has 0 bridgehead atoms. The summed E-state index contributed by atoms with van der Waals surface area (Å²) in [7, 11) is 0. The predicted octanol–water partition coefficient (Wildman–Crippen LogP) is 4.29. The molecule has 1 atom stereocenters. The van der Waals surface area contributed by atoms with Crippen LogP contribution in [-0.4, -0.2) is 17.7 Å². The lowest BCUT2D eigenvalue weighted by molar-refractivity contribution is -0.141. The fraction of sp³-hybridized carbons (Fsp3) is 0.588. The van der Waals surface area contributed by atoms with Gasteiger partial charge in [-0.25, -0.2) is 0 Å². The largest absolute Gasteiger partial charge is 0.490 e. The fourth-order valence-electron chi connectivity index (χ4n) is 2.58. The Balaban J connectivity index is 2.42. The normalized spacial score (nSPS) is 16.2. The molecule has 0 spiro atoms. The van der Waals surface area contributed by atoms with Crippen LogP contribution in [0.15, 0.2) is 12.1 Å². The highest BCUT2D eigenvalue weighted by atomic mass is 19.4. The van der Waals surface area contributed by atoms with Crippen LogP contribution in [0.5, 0.6) is 5.75 Å². The van der Waals surface area contributed by atoms with Gasteiger partial charge in [0.05, 0.1) is 23.8 Å². The molecule has 0 aliphatic heterocycles. The van der Waals surface area contributed by atoms with Gasteiger partial charge >= 0.3 is 12.1 Å². The first-order chi connectivity index (χ1) is 11.1. The van der Waals surface area contributed by atoms with E-state index in [-0.39, 0.29) is 36.1 Å². The number of hydrogen-bond acceptors (Lipinski definition) is 3. The number of rotatable bonds is 7. The van der Waals surface area contributed by atoms with E-state index in [9.17, 15) is 23.1 Å². The van der Waals surface area contributed by atoms with Gasteiger partial charge in [0.1, 0.15) is 0 Å². The molecule has 0 heterocycles. The lowest BCUT2D eigenvalue weighted by atomic mass is 9.89. The lowest BCUT2D eigenvalue weighted by Crippen LogP contribution is -2.17. The second-order valence-corrected chi connectivity index (χ2v) is 6.76. The molecule has 1 unspecified atom stereocenters. The summed E-state index contributed by atoms with van der Waals surface area (Å²) in [5, 5.41) is 9.36. The van der Waals surface area contributed by atoms with Crippen molar-refractivity contribution in [1.29, 1.82) is 0 Å². The van der Waals surface area contributed by atoms with Crippen LogP contribution >= 0.6 is 0 Å². The molecule has 4 nitrogen and oxygen atoms in total. The zero-order valence-corrected chi connectivity index (χ0v) is 13.7. The summed E-state index contributed by atoms with van der Waals surface area (Å²) < 4.78 is 45.5. The van der Waals surface area contributed by atoms with Crippen LogP contribution in [0.1, 0.15) is 50.2 Å². The molecular formula is C17H22F3NO3. The lowest BCUT2D eigenvalue weighted by Gasteiger charge is -2.21. The van der Waals surface area contributed by atoms with E-state index in [0.717, 1.165) is 18.9 Å². The Kier molecular flexibility index (Phi) is 5.30. The summed E-state index contributed by atoms with van der Waals surface area (Å²) in [5.74, 6) is -2.30. The van der Waals surface area contributed by atoms with Gasteiger partial charge in [0.15, 0.2) is 5.75 Å². The van der Waals surface area contributed by atoms with E-state index in [0.29, 0.717) is 0 Å². The van der Waals surface area contributed by atoms with Crippen LogP contribution in [-0.2, 0) is 11.0 Å². The van der Waals surface area contributed by atoms with Gasteiger partial charge in [0.2, 0.25) is 0 Å². The maximum absolute atomic E-state index is 13.4. The number of carbonyl (C=O) groups is 1. The molecule has 1 fully saturated rings. The van der Waals surface area contributed by atoms with Crippen molar-refractivity contribution < 1.29 is 27.8 Å². The van der Waals surface area contributed by atoms with Crippen molar-refractivity contribution in [2.45, 2.75) is 45.2 Å². The summed E-state index contributed by atoms with van der Waals surface area (Å²) in [6.45, 7) is 3.83. The van der Waals surface area contributed by atoms with Crippen molar-refractivity contribution >= 4 is 11.7 Å². The van der Waals surface area contributed by atoms with E-state index in [1.165, 1.54) is 6.07 Å². The van der Waals surface area contributed by atoms with Crippen LogP contribution in [0.2, 0.25) is 0 Å². The van der Waals surface area contributed by atoms with E-state index in [2.05, 4.69) is 0 Å². The van der Waals surface area contributed by atoms with E-state index in [1.807, 2.05) is 13.8 Å². The van der Waals surface area contributed by atoms with Gasteiger partial charge in [0.25, 0.3) is 0 Å². The fourth-order valence-corrected chi connectivity index (χ4v) is 2.58. The number of anilines is 1. The zero-order valence-electron chi connectivity index (χ0n) is 13.7. The topological polar surface area (TPSA) is 72.5 Å². The average Bonchev–Trinajstić information content (AvgIpc) is 3.25. The van der Waals surface area contributed by atoms with Crippen molar-refractivity contribution in [2.75, 3.05) is 12.3 Å². The number of aliphatic carboxylic acids is 1. The van der Waals surface area contributed by atoms with Gasteiger partial charge in [-0.1, -0.05) is 13.8 Å². The molecule has 1 saturated carbocycles. The predicted molar refractivity (Wildman–Crippen MR) is 83.9 cm³/mol. The monoisotopic (exact) mass is 345 g/mol. The van der Waals surface area contributed by atoms with Crippen LogP contribution in [0.4, 0.5) is 18.9 Å². The van der Waals surface area contributed by atoms with Crippen molar-refractivity contribution in [1.82, 2.24) is 0 Å². The SMILES string of the molecule is CC(C)CC(C(=O)O)c1cc(N)c(OCC2CC2)c(C(F)(F)F)c1. The molecular weight excluding hydrogens is 323 g/mol. The highest BCUT2D eigenvalue weighted by Crippen LogP contribution is 2.43. The molecule has 134 valence electrons. The average molecular weight is 345 g/mol. The van der Waals surface area contributed by atoms with Gasteiger partial charge < -0.3 is 15.6 Å². The van der Waals surface area contributed by atoms with Crippen molar-refractivity contribution in [3.8, 4) is 5.75 Å². The number of ether oxygens (including phenoxy) is 1. The second-order valence-electron chi connectivity index (χ2n) is 6.76.